The molecule has 0 aliphatic heterocycles. The molecule has 0 fully saturated rings. The molecule has 0 heterocycles. The van der Waals surface area contributed by atoms with Crippen LogP contribution in [0.15, 0.2) is 23.1 Å². The van der Waals surface area contributed by atoms with Crippen LogP contribution in [0.3, 0.4) is 0 Å². The van der Waals surface area contributed by atoms with E-state index in [2.05, 4.69) is 17.0 Å². The second-order valence-electron chi connectivity index (χ2n) is 6.41. The summed E-state index contributed by atoms with van der Waals surface area (Å²) in [6.07, 6.45) is 2.97. The number of carbonyl (C=O) groups excluding carboxylic acids is 1. The average Bonchev–Trinajstić information content (AvgIpc) is 2.57. The monoisotopic (exact) mass is 370 g/mol. The molecule has 1 atom stereocenters. The van der Waals surface area contributed by atoms with Gasteiger partial charge in [0.25, 0.3) is 0 Å². The normalized spacial score (nSPS) is 12.9. The van der Waals surface area contributed by atoms with Crippen molar-refractivity contribution in [1.29, 1.82) is 0 Å². The molecule has 0 saturated heterocycles. The van der Waals surface area contributed by atoms with Crippen LogP contribution >= 0.6 is 0 Å². The van der Waals surface area contributed by atoms with Crippen molar-refractivity contribution in [2.75, 3.05) is 13.7 Å². The van der Waals surface area contributed by atoms with Crippen LogP contribution in [0.5, 0.6) is 5.75 Å². The molecule has 1 rings (SSSR count). The molecule has 0 aliphatic rings. The van der Waals surface area contributed by atoms with Crippen molar-refractivity contribution < 1.29 is 17.9 Å². The summed E-state index contributed by atoms with van der Waals surface area (Å²) in [4.78, 5) is 12.1. The number of amides is 1. The zero-order valence-corrected chi connectivity index (χ0v) is 16.6. The fraction of sp³-hybridized carbons (Fsp3) is 0.611. The highest BCUT2D eigenvalue weighted by Gasteiger charge is 2.25. The Hall–Kier alpha value is -1.60. The van der Waals surface area contributed by atoms with Gasteiger partial charge in [0.1, 0.15) is 10.6 Å². The van der Waals surface area contributed by atoms with Crippen molar-refractivity contribution in [2.45, 2.75) is 63.8 Å². The van der Waals surface area contributed by atoms with Crippen LogP contribution in [0.1, 0.15) is 58.4 Å². The van der Waals surface area contributed by atoms with Gasteiger partial charge in [0.15, 0.2) is 0 Å². The van der Waals surface area contributed by atoms with Crippen LogP contribution in [0.2, 0.25) is 0 Å². The zero-order chi connectivity index (χ0) is 19.0. The van der Waals surface area contributed by atoms with Crippen molar-refractivity contribution in [1.82, 2.24) is 10.0 Å². The number of carbonyl (C=O) groups is 1. The number of unbranched alkanes of at least 4 members (excludes halogenated alkanes) is 2. The Morgan fingerprint density at radius 3 is 2.44 bits per heavy atom. The van der Waals surface area contributed by atoms with E-state index in [1.807, 2.05) is 19.9 Å². The van der Waals surface area contributed by atoms with Gasteiger partial charge in [-0.05, 0) is 37.0 Å². The molecule has 2 N–H and O–H groups in total. The molecule has 0 spiro atoms. The van der Waals surface area contributed by atoms with E-state index < -0.39 is 16.1 Å². The molecule has 0 saturated carbocycles. The summed E-state index contributed by atoms with van der Waals surface area (Å²) in [7, 11) is -2.45. The first-order valence-electron chi connectivity index (χ1n) is 8.70. The van der Waals surface area contributed by atoms with Crippen molar-refractivity contribution in [3.63, 3.8) is 0 Å². The molecule has 1 amide bonds. The SMILES string of the molecule is CCCCCNC(=O)C(C)NS(=O)(=O)c1cc(C(C)C)ccc1OC. The largest absolute Gasteiger partial charge is 0.495 e. The lowest BCUT2D eigenvalue weighted by Gasteiger charge is -2.17. The summed E-state index contributed by atoms with van der Waals surface area (Å²) in [6, 6.07) is 4.21. The van der Waals surface area contributed by atoms with Gasteiger partial charge < -0.3 is 10.1 Å². The van der Waals surface area contributed by atoms with E-state index in [0.717, 1.165) is 24.8 Å². The summed E-state index contributed by atoms with van der Waals surface area (Å²) in [5, 5.41) is 2.75. The Bertz CT molecular complexity index is 672. The molecular formula is C18H30N2O4S. The zero-order valence-electron chi connectivity index (χ0n) is 15.8. The molecule has 142 valence electrons. The van der Waals surface area contributed by atoms with Gasteiger partial charge in [0.05, 0.1) is 13.2 Å². The van der Waals surface area contributed by atoms with Gasteiger partial charge in [-0.3, -0.25) is 4.79 Å². The molecule has 0 radical (unpaired) electrons. The minimum absolute atomic E-state index is 0.0480. The molecule has 7 heteroatoms. The fourth-order valence-electron chi connectivity index (χ4n) is 2.35. The van der Waals surface area contributed by atoms with E-state index >= 15 is 0 Å². The predicted molar refractivity (Wildman–Crippen MR) is 99.4 cm³/mol. The third kappa shape index (κ3) is 6.32. The van der Waals surface area contributed by atoms with Crippen molar-refractivity contribution in [3.8, 4) is 5.75 Å². The van der Waals surface area contributed by atoms with Crippen molar-refractivity contribution >= 4 is 15.9 Å². The average molecular weight is 371 g/mol. The number of methoxy groups -OCH3 is 1. The maximum atomic E-state index is 12.7. The molecule has 0 aromatic heterocycles. The number of rotatable bonds is 10. The maximum Gasteiger partial charge on any atom is 0.244 e. The summed E-state index contributed by atoms with van der Waals surface area (Å²) in [5.41, 5.74) is 0.887. The standard InChI is InChI=1S/C18H30N2O4S/c1-6-7-8-11-19-18(21)14(4)20-25(22,23)17-12-15(13(2)3)9-10-16(17)24-5/h9-10,12-14,20H,6-8,11H2,1-5H3,(H,19,21). The Balaban J connectivity index is 2.90. The number of hydrogen-bond acceptors (Lipinski definition) is 4. The van der Waals surface area contributed by atoms with Crippen molar-refractivity contribution in [2.24, 2.45) is 0 Å². The van der Waals surface area contributed by atoms with Crippen LogP contribution < -0.4 is 14.8 Å². The van der Waals surface area contributed by atoms with E-state index in [0.29, 0.717) is 6.54 Å². The highest BCUT2D eigenvalue weighted by atomic mass is 32.2. The number of nitrogens with one attached hydrogen (secondary N) is 2. The molecule has 6 nitrogen and oxygen atoms in total. The smallest absolute Gasteiger partial charge is 0.244 e. The van der Waals surface area contributed by atoms with E-state index in [1.54, 1.807) is 12.1 Å². The third-order valence-electron chi connectivity index (χ3n) is 3.95. The Morgan fingerprint density at radius 1 is 1.20 bits per heavy atom. The van der Waals surface area contributed by atoms with Gasteiger partial charge in [-0.2, -0.15) is 4.72 Å². The van der Waals surface area contributed by atoms with Crippen LogP contribution in [-0.2, 0) is 14.8 Å². The van der Waals surface area contributed by atoms with Gasteiger partial charge >= 0.3 is 0 Å². The minimum Gasteiger partial charge on any atom is -0.495 e. The van der Waals surface area contributed by atoms with E-state index in [1.165, 1.54) is 14.0 Å². The number of benzene rings is 1. The molecular weight excluding hydrogens is 340 g/mol. The highest BCUT2D eigenvalue weighted by molar-refractivity contribution is 7.89. The van der Waals surface area contributed by atoms with Crippen molar-refractivity contribution in [3.05, 3.63) is 23.8 Å². The molecule has 0 aliphatic carbocycles. The van der Waals surface area contributed by atoms with Gasteiger partial charge in [0, 0.05) is 6.54 Å². The summed E-state index contributed by atoms with van der Waals surface area (Å²) < 4.78 is 33.0. The number of hydrogen-bond donors (Lipinski definition) is 2. The number of sulfonamides is 1. The van der Waals surface area contributed by atoms with Gasteiger partial charge in [-0.1, -0.05) is 39.7 Å². The summed E-state index contributed by atoms with van der Waals surface area (Å²) in [5.74, 6) is 0.102. The quantitative estimate of drug-likeness (QED) is 0.620. The molecule has 1 aromatic carbocycles. The Labute approximate surface area is 151 Å². The predicted octanol–water partition coefficient (Wildman–Crippen LogP) is 2.79. The lowest BCUT2D eigenvalue weighted by Crippen LogP contribution is -2.45. The third-order valence-corrected chi connectivity index (χ3v) is 5.51. The highest BCUT2D eigenvalue weighted by Crippen LogP contribution is 2.28. The Kier molecular flexibility index (Phi) is 8.38. The first-order valence-corrected chi connectivity index (χ1v) is 10.2. The van der Waals surface area contributed by atoms with Crippen LogP contribution in [0.25, 0.3) is 0 Å². The molecule has 1 aromatic rings. The minimum atomic E-state index is -3.87. The summed E-state index contributed by atoms with van der Waals surface area (Å²) >= 11 is 0. The van der Waals surface area contributed by atoms with Gasteiger partial charge in [0.2, 0.25) is 15.9 Å². The fourth-order valence-corrected chi connectivity index (χ4v) is 3.76. The van der Waals surface area contributed by atoms with Gasteiger partial charge in [-0.15, -0.1) is 0 Å². The Morgan fingerprint density at radius 2 is 1.88 bits per heavy atom. The van der Waals surface area contributed by atoms with Crippen LogP contribution in [0.4, 0.5) is 0 Å². The first kappa shape index (κ1) is 21.4. The van der Waals surface area contributed by atoms with Crippen LogP contribution in [0, 0.1) is 0 Å². The lowest BCUT2D eigenvalue weighted by molar-refractivity contribution is -0.122. The van der Waals surface area contributed by atoms with E-state index in [9.17, 15) is 13.2 Å². The van der Waals surface area contributed by atoms with E-state index in [4.69, 9.17) is 4.74 Å². The first-order chi connectivity index (χ1) is 11.7. The topological polar surface area (TPSA) is 84.5 Å². The molecule has 0 bridgehead atoms. The van der Waals surface area contributed by atoms with Gasteiger partial charge in [-0.25, -0.2) is 8.42 Å². The molecule has 1 unspecified atom stereocenters. The van der Waals surface area contributed by atoms with E-state index in [-0.39, 0.29) is 22.5 Å². The van der Waals surface area contributed by atoms with Crippen LogP contribution in [-0.4, -0.2) is 34.0 Å². The maximum absolute atomic E-state index is 12.7. The molecule has 25 heavy (non-hydrogen) atoms. The second kappa shape index (κ2) is 9.77. The lowest BCUT2D eigenvalue weighted by atomic mass is 10.0. The second-order valence-corrected chi connectivity index (χ2v) is 8.09. The summed E-state index contributed by atoms with van der Waals surface area (Å²) in [6.45, 7) is 8.13. The number of ether oxygens (including phenoxy) is 1.